The monoisotopic (exact) mass is 463 g/mol. The number of rotatable bonds is 9. The molecule has 170 valence electrons. The fraction of sp³-hybridized carbons (Fsp3) is 0.522. The van der Waals surface area contributed by atoms with Crippen LogP contribution in [-0.2, 0) is 10.0 Å². The molecule has 2 heterocycles. The van der Waals surface area contributed by atoms with Gasteiger partial charge in [-0.15, -0.1) is 0 Å². The zero-order chi connectivity index (χ0) is 22.4. The van der Waals surface area contributed by atoms with E-state index in [9.17, 15) is 13.2 Å². The van der Waals surface area contributed by atoms with Crippen molar-refractivity contribution < 1.29 is 13.2 Å². The second kappa shape index (κ2) is 10.7. The average molecular weight is 464 g/mol. The van der Waals surface area contributed by atoms with E-state index < -0.39 is 10.0 Å². The van der Waals surface area contributed by atoms with Crippen LogP contribution in [0.4, 0.5) is 0 Å². The normalized spacial score (nSPS) is 18.8. The molecular formula is C23H33N3O3S2. The predicted octanol–water partition coefficient (Wildman–Crippen LogP) is 4.12. The molecule has 31 heavy (non-hydrogen) atoms. The molecule has 3 rings (SSSR count). The lowest BCUT2D eigenvalue weighted by atomic mass is 10.1. The fourth-order valence-electron chi connectivity index (χ4n) is 4.22. The Morgan fingerprint density at radius 1 is 1.19 bits per heavy atom. The lowest BCUT2D eigenvalue weighted by Crippen LogP contribution is -2.41. The van der Waals surface area contributed by atoms with Crippen molar-refractivity contribution in [1.29, 1.82) is 0 Å². The van der Waals surface area contributed by atoms with Crippen LogP contribution in [0.1, 0.15) is 62.0 Å². The number of sulfonamides is 1. The summed E-state index contributed by atoms with van der Waals surface area (Å²) >= 11 is 1.65. The van der Waals surface area contributed by atoms with Crippen molar-refractivity contribution in [3.8, 4) is 0 Å². The molecule has 1 aliphatic rings. The third-order valence-corrected chi connectivity index (χ3v) is 8.83. The van der Waals surface area contributed by atoms with Gasteiger partial charge < -0.3 is 5.32 Å². The maximum atomic E-state index is 13.0. The summed E-state index contributed by atoms with van der Waals surface area (Å²) in [6, 6.07) is 8.53. The third kappa shape index (κ3) is 5.55. The van der Waals surface area contributed by atoms with Gasteiger partial charge in [0.25, 0.3) is 5.91 Å². The van der Waals surface area contributed by atoms with Crippen molar-refractivity contribution in [3.05, 3.63) is 52.2 Å². The van der Waals surface area contributed by atoms with Gasteiger partial charge in [0.05, 0.1) is 10.9 Å². The Balaban J connectivity index is 1.68. The molecule has 1 aliphatic heterocycles. The number of hydrogen-bond acceptors (Lipinski definition) is 5. The van der Waals surface area contributed by atoms with Crippen LogP contribution in [0.15, 0.2) is 46.0 Å². The van der Waals surface area contributed by atoms with Gasteiger partial charge in [-0.3, -0.25) is 9.69 Å². The predicted molar refractivity (Wildman–Crippen MR) is 126 cm³/mol. The second-order valence-corrected chi connectivity index (χ2v) is 10.7. The summed E-state index contributed by atoms with van der Waals surface area (Å²) in [4.78, 5) is 15.3. The quantitative estimate of drug-likeness (QED) is 0.607. The van der Waals surface area contributed by atoms with Crippen molar-refractivity contribution in [2.75, 3.05) is 26.2 Å². The Morgan fingerprint density at radius 2 is 1.90 bits per heavy atom. The largest absolute Gasteiger partial charge is 0.350 e. The minimum Gasteiger partial charge on any atom is -0.350 e. The highest BCUT2D eigenvalue weighted by atomic mass is 32.2. The first-order valence-electron chi connectivity index (χ1n) is 11.0. The maximum Gasteiger partial charge on any atom is 0.251 e. The molecule has 0 radical (unpaired) electrons. The summed E-state index contributed by atoms with van der Waals surface area (Å²) in [6.45, 7) is 9.05. The molecule has 0 bridgehead atoms. The molecule has 0 spiro atoms. The topological polar surface area (TPSA) is 69.7 Å². The van der Waals surface area contributed by atoms with E-state index >= 15 is 0 Å². The van der Waals surface area contributed by atoms with Crippen LogP contribution in [0, 0.1) is 0 Å². The smallest absolute Gasteiger partial charge is 0.251 e. The Hall–Kier alpha value is -1.74. The first-order valence-corrected chi connectivity index (χ1v) is 13.4. The molecule has 1 aromatic heterocycles. The van der Waals surface area contributed by atoms with Gasteiger partial charge in [-0.1, -0.05) is 20.3 Å². The van der Waals surface area contributed by atoms with Crippen molar-refractivity contribution >= 4 is 27.3 Å². The maximum absolute atomic E-state index is 13.0. The number of nitrogens with zero attached hydrogens (tertiary/aromatic N) is 2. The van der Waals surface area contributed by atoms with E-state index in [1.807, 2.05) is 6.92 Å². The van der Waals surface area contributed by atoms with E-state index in [-0.39, 0.29) is 22.9 Å². The zero-order valence-corrected chi connectivity index (χ0v) is 20.2. The molecule has 1 N–H and O–H groups in total. The number of hydrogen-bond donors (Lipinski definition) is 1. The molecule has 1 saturated heterocycles. The van der Waals surface area contributed by atoms with E-state index in [1.165, 1.54) is 5.56 Å². The highest BCUT2D eigenvalue weighted by Crippen LogP contribution is 2.26. The lowest BCUT2D eigenvalue weighted by Gasteiger charge is -2.32. The van der Waals surface area contributed by atoms with Crippen molar-refractivity contribution in [3.63, 3.8) is 0 Å². The van der Waals surface area contributed by atoms with Crippen LogP contribution in [0.25, 0.3) is 0 Å². The first-order chi connectivity index (χ1) is 14.9. The van der Waals surface area contributed by atoms with Crippen molar-refractivity contribution in [2.24, 2.45) is 0 Å². The summed E-state index contributed by atoms with van der Waals surface area (Å²) in [7, 11) is -3.53. The van der Waals surface area contributed by atoms with Crippen molar-refractivity contribution in [1.82, 2.24) is 14.5 Å². The molecule has 1 aromatic carbocycles. The molecular weight excluding hydrogens is 430 g/mol. The van der Waals surface area contributed by atoms with E-state index in [1.54, 1.807) is 39.9 Å². The average Bonchev–Trinajstić information content (AvgIpc) is 3.31. The molecule has 1 amide bonds. The van der Waals surface area contributed by atoms with E-state index in [0.717, 1.165) is 32.4 Å². The van der Waals surface area contributed by atoms with Crippen LogP contribution >= 0.6 is 11.3 Å². The number of benzene rings is 1. The lowest BCUT2D eigenvalue weighted by molar-refractivity contribution is 0.0935. The number of thiophene rings is 1. The third-order valence-electron chi connectivity index (χ3n) is 6.10. The number of piperidine rings is 1. The van der Waals surface area contributed by atoms with E-state index in [0.29, 0.717) is 18.7 Å². The molecule has 8 heteroatoms. The fourth-order valence-corrected chi connectivity index (χ4v) is 6.63. The number of carbonyl (C=O) groups excluding carboxylic acids is 1. The van der Waals surface area contributed by atoms with Crippen LogP contribution in [0.3, 0.4) is 0 Å². The number of amides is 1. The second-order valence-electron chi connectivity index (χ2n) is 7.99. The minimum atomic E-state index is -3.53. The van der Waals surface area contributed by atoms with Crippen molar-refractivity contribution in [2.45, 2.75) is 57.0 Å². The standard InChI is InChI=1S/C23H33N3O3S2/c1-4-25(5-2)22(20-13-15-30-17-20)16-24-23(27)19-9-11-21(12-10-19)31(28,29)26-14-7-6-8-18(26)3/h9-13,15,17-18,22H,4-8,14,16H2,1-3H3,(H,24,27)/t18-,22+/m0/s1. The highest BCUT2D eigenvalue weighted by molar-refractivity contribution is 7.89. The Labute approximate surface area is 190 Å². The first kappa shape index (κ1) is 23.9. The van der Waals surface area contributed by atoms with Gasteiger partial charge in [0.15, 0.2) is 0 Å². The Kier molecular flexibility index (Phi) is 8.27. The molecule has 0 saturated carbocycles. The number of nitrogens with one attached hydrogen (secondary N) is 1. The van der Waals surface area contributed by atoms with E-state index in [2.05, 4.69) is 40.9 Å². The van der Waals surface area contributed by atoms with Gasteiger partial charge in [-0.2, -0.15) is 15.6 Å². The molecule has 6 nitrogen and oxygen atoms in total. The minimum absolute atomic E-state index is 0.0100. The van der Waals surface area contributed by atoms with Gasteiger partial charge in [-0.25, -0.2) is 8.42 Å². The van der Waals surface area contributed by atoms with Gasteiger partial charge in [0.2, 0.25) is 10.0 Å². The summed E-state index contributed by atoms with van der Waals surface area (Å²) in [5.74, 6) is -0.192. The van der Waals surface area contributed by atoms with Gasteiger partial charge >= 0.3 is 0 Å². The molecule has 2 atom stereocenters. The van der Waals surface area contributed by atoms with Gasteiger partial charge in [0, 0.05) is 24.7 Å². The zero-order valence-electron chi connectivity index (χ0n) is 18.6. The summed E-state index contributed by atoms with van der Waals surface area (Å²) in [5, 5.41) is 7.20. The molecule has 1 fully saturated rings. The van der Waals surface area contributed by atoms with Crippen LogP contribution < -0.4 is 5.32 Å². The van der Waals surface area contributed by atoms with Crippen LogP contribution in [-0.4, -0.2) is 55.8 Å². The summed E-state index contributed by atoms with van der Waals surface area (Å²) in [6.07, 6.45) is 2.84. The van der Waals surface area contributed by atoms with Crippen LogP contribution in [0.5, 0.6) is 0 Å². The van der Waals surface area contributed by atoms with Gasteiger partial charge in [-0.05, 0) is 79.5 Å². The molecule has 0 aliphatic carbocycles. The van der Waals surface area contributed by atoms with Gasteiger partial charge in [0.1, 0.15) is 0 Å². The summed E-state index contributed by atoms with van der Waals surface area (Å²) < 4.78 is 27.6. The Bertz CT molecular complexity index is 939. The van der Waals surface area contributed by atoms with Crippen LogP contribution in [0.2, 0.25) is 0 Å². The molecule has 2 aromatic rings. The summed E-state index contributed by atoms with van der Waals surface area (Å²) in [5.41, 5.74) is 1.67. The molecule has 0 unspecified atom stereocenters. The van der Waals surface area contributed by atoms with E-state index in [4.69, 9.17) is 0 Å². The number of carbonyl (C=O) groups is 1. The SMILES string of the molecule is CCN(CC)[C@H](CNC(=O)c1ccc(S(=O)(=O)N2CCCC[C@@H]2C)cc1)c1ccsc1. The number of likely N-dealkylation sites (N-methyl/N-ethyl adjacent to an activating group) is 1. The Morgan fingerprint density at radius 3 is 2.48 bits per heavy atom. The highest BCUT2D eigenvalue weighted by Gasteiger charge is 2.31.